The Balaban J connectivity index is 0.000000720. The lowest BCUT2D eigenvalue weighted by Crippen LogP contribution is -2.56. The molecule has 0 radical (unpaired) electrons. The van der Waals surface area contributed by atoms with Crippen LogP contribution in [0, 0.1) is 0 Å². The Kier molecular flexibility index (Phi) is 4.98. The summed E-state index contributed by atoms with van der Waals surface area (Å²) in [5.74, 6) is 0.925. The Bertz CT molecular complexity index is 238. The first-order valence-electron chi connectivity index (χ1n) is 3.64. The molecule has 1 fully saturated rings. The molecule has 0 aliphatic carbocycles. The second-order valence-corrected chi connectivity index (χ2v) is 2.75. The Labute approximate surface area is 89.3 Å². The summed E-state index contributed by atoms with van der Waals surface area (Å²) in [6.07, 6.45) is 1.67. The van der Waals surface area contributed by atoms with Gasteiger partial charge in [0.05, 0.1) is 0 Å². The SMILES string of the molecule is Cl.Cl.NC1CN(c2cccnn2)C1. The molecule has 1 aromatic rings. The zero-order chi connectivity index (χ0) is 7.68. The van der Waals surface area contributed by atoms with Crippen LogP contribution in [0.5, 0.6) is 0 Å². The fourth-order valence-electron chi connectivity index (χ4n) is 1.16. The van der Waals surface area contributed by atoms with Crippen molar-refractivity contribution >= 4 is 30.6 Å². The minimum atomic E-state index is 0. The fraction of sp³-hybridized carbons (Fsp3) is 0.429. The van der Waals surface area contributed by atoms with Crippen LogP contribution in [-0.4, -0.2) is 29.3 Å². The maximum absolute atomic E-state index is 5.62. The van der Waals surface area contributed by atoms with Gasteiger partial charge in [0.2, 0.25) is 0 Å². The molecular weight excluding hydrogens is 211 g/mol. The summed E-state index contributed by atoms with van der Waals surface area (Å²) in [6.45, 7) is 1.80. The first kappa shape index (κ1) is 12.4. The van der Waals surface area contributed by atoms with Crippen LogP contribution in [0.15, 0.2) is 18.3 Å². The zero-order valence-electron chi connectivity index (χ0n) is 6.96. The zero-order valence-corrected chi connectivity index (χ0v) is 8.59. The molecule has 2 rings (SSSR count). The van der Waals surface area contributed by atoms with Gasteiger partial charge in [-0.1, -0.05) is 0 Å². The molecule has 0 amide bonds. The van der Waals surface area contributed by atoms with Gasteiger partial charge in [0, 0.05) is 25.3 Å². The molecule has 0 bridgehead atoms. The second kappa shape index (κ2) is 5.21. The second-order valence-electron chi connectivity index (χ2n) is 2.75. The van der Waals surface area contributed by atoms with E-state index in [9.17, 15) is 0 Å². The third-order valence-corrected chi connectivity index (χ3v) is 1.79. The van der Waals surface area contributed by atoms with Gasteiger partial charge in [-0.25, -0.2) is 0 Å². The summed E-state index contributed by atoms with van der Waals surface area (Å²) < 4.78 is 0. The molecular formula is C7H12Cl2N4. The summed E-state index contributed by atoms with van der Waals surface area (Å²) in [5, 5.41) is 7.74. The predicted octanol–water partition coefficient (Wildman–Crippen LogP) is 0.467. The van der Waals surface area contributed by atoms with Crippen LogP contribution in [0.3, 0.4) is 0 Å². The minimum absolute atomic E-state index is 0. The van der Waals surface area contributed by atoms with Crippen LogP contribution in [0.2, 0.25) is 0 Å². The molecule has 2 heterocycles. The third kappa shape index (κ3) is 2.69. The lowest BCUT2D eigenvalue weighted by molar-refractivity contribution is 0.512. The van der Waals surface area contributed by atoms with E-state index in [-0.39, 0.29) is 24.8 Å². The highest BCUT2D eigenvalue weighted by atomic mass is 35.5. The Morgan fingerprint density at radius 3 is 2.54 bits per heavy atom. The molecule has 0 spiro atoms. The van der Waals surface area contributed by atoms with E-state index in [1.165, 1.54) is 0 Å². The predicted molar refractivity (Wildman–Crippen MR) is 56.7 cm³/mol. The van der Waals surface area contributed by atoms with Gasteiger partial charge in [-0.2, -0.15) is 5.10 Å². The molecule has 13 heavy (non-hydrogen) atoms. The van der Waals surface area contributed by atoms with Crippen molar-refractivity contribution in [1.29, 1.82) is 0 Å². The van der Waals surface area contributed by atoms with Crippen molar-refractivity contribution in [2.24, 2.45) is 5.73 Å². The fourth-order valence-corrected chi connectivity index (χ4v) is 1.16. The Morgan fingerprint density at radius 2 is 2.08 bits per heavy atom. The molecule has 1 saturated heterocycles. The van der Waals surface area contributed by atoms with Crippen LogP contribution in [-0.2, 0) is 0 Å². The van der Waals surface area contributed by atoms with Crippen molar-refractivity contribution < 1.29 is 0 Å². The quantitative estimate of drug-likeness (QED) is 0.751. The average Bonchev–Trinajstić information content (AvgIpc) is 2.01. The number of nitrogens with two attached hydrogens (primary N) is 1. The number of rotatable bonds is 1. The highest BCUT2D eigenvalue weighted by Crippen LogP contribution is 2.14. The third-order valence-electron chi connectivity index (χ3n) is 1.79. The van der Waals surface area contributed by atoms with Crippen molar-refractivity contribution in [2.75, 3.05) is 18.0 Å². The van der Waals surface area contributed by atoms with Gasteiger partial charge in [-0.3, -0.25) is 0 Å². The first-order chi connectivity index (χ1) is 5.36. The lowest BCUT2D eigenvalue weighted by atomic mass is 10.1. The molecule has 1 aromatic heterocycles. The maximum atomic E-state index is 5.62. The number of nitrogens with zero attached hydrogens (tertiary/aromatic N) is 3. The molecule has 0 unspecified atom stereocenters. The van der Waals surface area contributed by atoms with Crippen molar-refractivity contribution in [3.8, 4) is 0 Å². The van der Waals surface area contributed by atoms with Gasteiger partial charge in [-0.05, 0) is 12.1 Å². The molecule has 2 N–H and O–H groups in total. The van der Waals surface area contributed by atoms with Gasteiger partial charge in [0.1, 0.15) is 0 Å². The monoisotopic (exact) mass is 222 g/mol. The van der Waals surface area contributed by atoms with Gasteiger partial charge in [0.25, 0.3) is 0 Å². The van der Waals surface area contributed by atoms with E-state index in [1.807, 2.05) is 12.1 Å². The molecule has 0 atom stereocenters. The van der Waals surface area contributed by atoms with Crippen molar-refractivity contribution in [1.82, 2.24) is 10.2 Å². The van der Waals surface area contributed by atoms with Crippen LogP contribution < -0.4 is 10.6 Å². The molecule has 0 aromatic carbocycles. The van der Waals surface area contributed by atoms with Crippen LogP contribution in [0.25, 0.3) is 0 Å². The summed E-state index contributed by atoms with van der Waals surface area (Å²) in [7, 11) is 0. The molecule has 0 saturated carbocycles. The molecule has 4 nitrogen and oxygen atoms in total. The minimum Gasteiger partial charge on any atom is -0.352 e. The number of halogens is 2. The summed E-state index contributed by atoms with van der Waals surface area (Å²) in [5.41, 5.74) is 5.62. The van der Waals surface area contributed by atoms with Crippen LogP contribution in [0.1, 0.15) is 0 Å². The van der Waals surface area contributed by atoms with Gasteiger partial charge in [-0.15, -0.1) is 29.9 Å². The van der Waals surface area contributed by atoms with Crippen LogP contribution >= 0.6 is 24.8 Å². The normalized spacial score (nSPS) is 15.3. The van der Waals surface area contributed by atoms with Gasteiger partial charge >= 0.3 is 0 Å². The largest absolute Gasteiger partial charge is 0.352 e. The van der Waals surface area contributed by atoms with E-state index in [0.29, 0.717) is 6.04 Å². The smallest absolute Gasteiger partial charge is 0.151 e. The highest BCUT2D eigenvalue weighted by Gasteiger charge is 2.23. The van der Waals surface area contributed by atoms with E-state index in [1.54, 1.807) is 6.20 Å². The van der Waals surface area contributed by atoms with Crippen LogP contribution in [0.4, 0.5) is 5.82 Å². The number of hydrogen-bond donors (Lipinski definition) is 1. The molecule has 1 aliphatic heterocycles. The number of aromatic nitrogens is 2. The first-order valence-corrected chi connectivity index (χ1v) is 3.64. The van der Waals surface area contributed by atoms with E-state index in [0.717, 1.165) is 18.9 Å². The lowest BCUT2D eigenvalue weighted by Gasteiger charge is -2.37. The van der Waals surface area contributed by atoms with E-state index in [2.05, 4.69) is 15.1 Å². The van der Waals surface area contributed by atoms with E-state index < -0.39 is 0 Å². The van der Waals surface area contributed by atoms with E-state index in [4.69, 9.17) is 5.73 Å². The van der Waals surface area contributed by atoms with Gasteiger partial charge < -0.3 is 10.6 Å². The molecule has 74 valence electrons. The van der Waals surface area contributed by atoms with Crippen molar-refractivity contribution in [2.45, 2.75) is 6.04 Å². The van der Waals surface area contributed by atoms with Crippen molar-refractivity contribution in [3.63, 3.8) is 0 Å². The Morgan fingerprint density at radius 1 is 1.38 bits per heavy atom. The topological polar surface area (TPSA) is 55.0 Å². The summed E-state index contributed by atoms with van der Waals surface area (Å²) in [6, 6.07) is 4.14. The standard InChI is InChI=1S/C7H10N4.2ClH/c8-6-4-11(5-6)7-2-1-3-9-10-7;;/h1-3,6H,4-5,8H2;2*1H. The summed E-state index contributed by atoms with van der Waals surface area (Å²) in [4.78, 5) is 2.11. The van der Waals surface area contributed by atoms with E-state index >= 15 is 0 Å². The van der Waals surface area contributed by atoms with Gasteiger partial charge in [0.15, 0.2) is 5.82 Å². The molecule has 1 aliphatic rings. The average molecular weight is 223 g/mol. The number of anilines is 1. The maximum Gasteiger partial charge on any atom is 0.151 e. The van der Waals surface area contributed by atoms with Crippen molar-refractivity contribution in [3.05, 3.63) is 18.3 Å². The number of hydrogen-bond acceptors (Lipinski definition) is 4. The molecule has 6 heteroatoms. The summed E-state index contributed by atoms with van der Waals surface area (Å²) >= 11 is 0. The highest BCUT2D eigenvalue weighted by molar-refractivity contribution is 5.85. The Hall–Kier alpha value is -0.580.